The van der Waals surface area contributed by atoms with Crippen LogP contribution in [-0.4, -0.2) is 169 Å². The van der Waals surface area contributed by atoms with E-state index in [0.717, 1.165) is 16.7 Å². The molecule has 0 aromatic heterocycles. The van der Waals surface area contributed by atoms with Crippen LogP contribution in [0.1, 0.15) is 47.5 Å². The molecule has 3 heterocycles. The Morgan fingerprint density at radius 3 is 1.92 bits per heavy atom. The van der Waals surface area contributed by atoms with Crippen molar-refractivity contribution in [2.45, 2.75) is 146 Å². The lowest BCUT2D eigenvalue weighted by Gasteiger charge is -2.43. The van der Waals surface area contributed by atoms with Gasteiger partial charge in [0.25, 0.3) is 0 Å². The molecule has 4 aliphatic rings. The van der Waals surface area contributed by atoms with Crippen molar-refractivity contribution in [2.24, 2.45) is 5.41 Å². The minimum Gasteiger partial charge on any atom is -0.394 e. The molecule has 0 aromatic carbocycles. The maximum atomic E-state index is 10.5. The van der Waals surface area contributed by atoms with Gasteiger partial charge in [-0.1, -0.05) is 43.2 Å². The second kappa shape index (κ2) is 16.9. The van der Waals surface area contributed by atoms with Crippen molar-refractivity contribution in [3.8, 4) is 0 Å². The number of allylic oxidation sites excluding steroid dienone is 4. The first-order valence-electron chi connectivity index (χ1n) is 16.6. The molecule has 3 aliphatic heterocycles. The summed E-state index contributed by atoms with van der Waals surface area (Å²) in [6, 6.07) is 0. The summed E-state index contributed by atoms with van der Waals surface area (Å²) >= 11 is 0. The third kappa shape index (κ3) is 9.34. The number of aliphatic hydroxyl groups is 10. The zero-order chi connectivity index (χ0) is 36.4. The van der Waals surface area contributed by atoms with Gasteiger partial charge in [-0.3, -0.25) is 0 Å². The number of hydrogen-bond donors (Lipinski definition) is 10. The average molecular weight is 707 g/mol. The second-order valence-corrected chi connectivity index (χ2v) is 14.1. The van der Waals surface area contributed by atoms with Gasteiger partial charge < -0.3 is 79.5 Å². The van der Waals surface area contributed by atoms with E-state index < -0.39 is 105 Å². The van der Waals surface area contributed by atoms with Crippen LogP contribution < -0.4 is 0 Å². The molecule has 0 spiro atoms. The molecule has 1 aliphatic carbocycles. The van der Waals surface area contributed by atoms with Gasteiger partial charge in [-0.05, 0) is 44.6 Å². The standard InChI is InChI=1S/C33H54O16/c1-14(6-7-18-15(2)10-17(11-33(18,4)5)47-32-29(43)25(39)22(36)19(12-34)48-32)8-9-44-30-28(42)26(40)23(37)20(49-30)13-45-31-27(41)24(38)21(35)16(3)46-31/h6-8,16-17,19-32,34-43H,9-13H2,1-5H3/b7-6+,14-8+/t16-,17?,19+,20+,21-,22+,23+,24+,25-,26-,27+,28+,29+,30+,31+,32+/m0/s1. The molecule has 3 saturated heterocycles. The van der Waals surface area contributed by atoms with Gasteiger partial charge in [0.15, 0.2) is 18.9 Å². The molecule has 0 bridgehead atoms. The fourth-order valence-corrected chi connectivity index (χ4v) is 6.70. The SMILES string of the molecule is CC1=C(/C=C/C(C)=C/CO[C@@H]2O[C@H](CO[C@@H]3O[C@@H](C)[C@H](O)[C@@H](O)[C@H]3O)[C@@H](O)[C@H](O)[C@H]2O)C(C)(C)CC(O[C@@H]2O[C@H](CO)[C@@H](O)[C@H](O)[C@H]2O)C1. The molecular weight excluding hydrogens is 652 g/mol. The van der Waals surface area contributed by atoms with Crippen molar-refractivity contribution in [3.63, 3.8) is 0 Å². The van der Waals surface area contributed by atoms with E-state index in [1.165, 1.54) is 6.92 Å². The first-order chi connectivity index (χ1) is 23.0. The van der Waals surface area contributed by atoms with Crippen LogP contribution >= 0.6 is 0 Å². The average Bonchev–Trinajstić information content (AvgIpc) is 3.04. The lowest BCUT2D eigenvalue weighted by molar-refractivity contribution is -0.326. The lowest BCUT2D eigenvalue weighted by atomic mass is 9.71. The molecular formula is C33H54O16. The normalized spacial score (nSPS) is 45.2. The van der Waals surface area contributed by atoms with E-state index in [4.69, 9.17) is 28.4 Å². The monoisotopic (exact) mass is 706 g/mol. The van der Waals surface area contributed by atoms with Crippen LogP contribution in [0.3, 0.4) is 0 Å². The van der Waals surface area contributed by atoms with Crippen molar-refractivity contribution >= 4 is 0 Å². The quantitative estimate of drug-likeness (QED) is 0.0995. The predicted octanol–water partition coefficient (Wildman–Crippen LogP) is -2.52. The van der Waals surface area contributed by atoms with Crippen LogP contribution in [0.25, 0.3) is 0 Å². The van der Waals surface area contributed by atoms with Gasteiger partial charge in [0.2, 0.25) is 0 Å². The Hall–Kier alpha value is -1.42. The fourth-order valence-electron chi connectivity index (χ4n) is 6.70. The predicted molar refractivity (Wildman–Crippen MR) is 168 cm³/mol. The van der Waals surface area contributed by atoms with Crippen molar-refractivity contribution in [2.75, 3.05) is 19.8 Å². The van der Waals surface area contributed by atoms with Crippen LogP contribution in [0.4, 0.5) is 0 Å². The van der Waals surface area contributed by atoms with Gasteiger partial charge in [0, 0.05) is 0 Å². The van der Waals surface area contributed by atoms with Crippen LogP contribution in [0.5, 0.6) is 0 Å². The van der Waals surface area contributed by atoms with Crippen LogP contribution in [0.2, 0.25) is 0 Å². The highest BCUT2D eigenvalue weighted by Gasteiger charge is 2.48. The third-order valence-electron chi connectivity index (χ3n) is 9.72. The fraction of sp³-hybridized carbons (Fsp3) is 0.818. The Morgan fingerprint density at radius 1 is 0.755 bits per heavy atom. The van der Waals surface area contributed by atoms with Crippen LogP contribution in [-0.2, 0) is 28.4 Å². The minimum absolute atomic E-state index is 0.0171. The molecule has 4 rings (SSSR count). The van der Waals surface area contributed by atoms with Gasteiger partial charge in [0.1, 0.15) is 67.1 Å². The van der Waals surface area contributed by atoms with Crippen LogP contribution in [0.15, 0.2) is 34.9 Å². The molecule has 10 N–H and O–H groups in total. The summed E-state index contributed by atoms with van der Waals surface area (Å²) in [4.78, 5) is 0. The molecule has 1 unspecified atom stereocenters. The van der Waals surface area contributed by atoms with Crippen LogP contribution in [0, 0.1) is 5.41 Å². The topological polar surface area (TPSA) is 258 Å². The number of aliphatic hydroxyl groups excluding tert-OH is 10. The number of hydrogen-bond acceptors (Lipinski definition) is 16. The molecule has 16 nitrogen and oxygen atoms in total. The Kier molecular flexibility index (Phi) is 14.0. The Labute approximate surface area is 285 Å². The Balaban J connectivity index is 1.31. The maximum Gasteiger partial charge on any atom is 0.187 e. The van der Waals surface area contributed by atoms with Gasteiger partial charge in [-0.25, -0.2) is 0 Å². The summed E-state index contributed by atoms with van der Waals surface area (Å²) in [7, 11) is 0. The van der Waals surface area contributed by atoms with Gasteiger partial charge in [0.05, 0.1) is 32.0 Å². The summed E-state index contributed by atoms with van der Waals surface area (Å²) in [5.74, 6) is 0. The summed E-state index contributed by atoms with van der Waals surface area (Å²) in [6.07, 6.45) is -14.2. The Bertz CT molecular complexity index is 1170. The third-order valence-corrected chi connectivity index (χ3v) is 9.72. The lowest BCUT2D eigenvalue weighted by Crippen LogP contribution is -2.61. The van der Waals surface area contributed by atoms with E-state index in [1.54, 1.807) is 6.08 Å². The second-order valence-electron chi connectivity index (χ2n) is 14.1. The molecule has 3 fully saturated rings. The van der Waals surface area contributed by atoms with Crippen molar-refractivity contribution in [1.82, 2.24) is 0 Å². The first kappa shape index (κ1) is 40.4. The molecule has 0 aromatic rings. The van der Waals surface area contributed by atoms with E-state index in [1.807, 2.05) is 26.0 Å². The summed E-state index contributed by atoms with van der Waals surface area (Å²) in [5.41, 5.74) is 2.58. The van der Waals surface area contributed by atoms with Crippen molar-refractivity contribution in [3.05, 3.63) is 34.9 Å². The molecule has 16 heteroatoms. The largest absolute Gasteiger partial charge is 0.394 e. The van der Waals surface area contributed by atoms with E-state index in [-0.39, 0.29) is 18.1 Å². The highest BCUT2D eigenvalue weighted by molar-refractivity contribution is 5.36. The molecule has 0 saturated carbocycles. The van der Waals surface area contributed by atoms with Crippen molar-refractivity contribution < 1.29 is 79.5 Å². The molecule has 16 atom stereocenters. The number of ether oxygens (including phenoxy) is 6. The van der Waals surface area contributed by atoms with E-state index in [9.17, 15) is 51.1 Å². The number of rotatable bonds is 11. The summed E-state index contributed by atoms with van der Waals surface area (Å²) in [6.45, 7) is 8.48. The smallest absolute Gasteiger partial charge is 0.187 e. The van der Waals surface area contributed by atoms with Gasteiger partial charge in [-0.15, -0.1) is 0 Å². The van der Waals surface area contributed by atoms with E-state index in [2.05, 4.69) is 13.8 Å². The van der Waals surface area contributed by atoms with E-state index in [0.29, 0.717) is 12.8 Å². The minimum atomic E-state index is -1.63. The zero-order valence-electron chi connectivity index (χ0n) is 28.4. The molecule has 282 valence electrons. The van der Waals surface area contributed by atoms with Gasteiger partial charge >= 0.3 is 0 Å². The summed E-state index contributed by atoms with van der Waals surface area (Å²) in [5, 5.41) is 101. The molecule has 49 heavy (non-hydrogen) atoms. The first-order valence-corrected chi connectivity index (χ1v) is 16.6. The highest BCUT2D eigenvalue weighted by atomic mass is 16.7. The van der Waals surface area contributed by atoms with E-state index >= 15 is 0 Å². The zero-order valence-corrected chi connectivity index (χ0v) is 28.4. The molecule has 0 radical (unpaired) electrons. The molecule has 0 amide bonds. The highest BCUT2D eigenvalue weighted by Crippen LogP contribution is 2.43. The Morgan fingerprint density at radius 2 is 1.31 bits per heavy atom. The maximum absolute atomic E-state index is 10.5. The van der Waals surface area contributed by atoms with Gasteiger partial charge in [-0.2, -0.15) is 0 Å². The summed E-state index contributed by atoms with van der Waals surface area (Å²) < 4.78 is 33.8. The van der Waals surface area contributed by atoms with Crippen molar-refractivity contribution in [1.29, 1.82) is 0 Å².